The Bertz CT molecular complexity index is 7660. The molecule has 4 fully saturated rings. The molecule has 4 N–H and O–H groups in total. The molecule has 4 aliphatic rings. The fraction of sp³-hybridized carbons (Fsp3) is 0.272. The predicted octanol–water partition coefficient (Wildman–Crippen LogP) is 14.4. The van der Waals surface area contributed by atoms with E-state index in [0.29, 0.717) is 127 Å². The third-order valence-corrected chi connectivity index (χ3v) is 26.2. The molecule has 28 nitrogen and oxygen atoms in total. The Hall–Kier alpha value is -14.0. The van der Waals surface area contributed by atoms with Crippen molar-refractivity contribution in [2.45, 2.75) is 120 Å². The Morgan fingerprint density at radius 1 is 0.388 bits per heavy atom. The maximum Gasteiger partial charge on any atom is 0.316 e. The van der Waals surface area contributed by atoms with E-state index in [-0.39, 0.29) is 72.5 Å². The number of aromatic nitrogens is 15. The maximum absolute atomic E-state index is 13.6. The molecule has 8 aromatic carbocycles. The molecule has 134 heavy (non-hydrogen) atoms. The summed E-state index contributed by atoms with van der Waals surface area (Å²) in [5, 5.41) is 51.5. The summed E-state index contributed by atoms with van der Waals surface area (Å²) < 4.78 is 59.6. The molecule has 18 aromatic rings. The highest BCUT2D eigenvalue weighted by atomic mass is 32.1. The first kappa shape index (κ1) is 89.2. The number of aliphatic hydroxyl groups excluding tert-OH is 4. The van der Waals surface area contributed by atoms with Gasteiger partial charge in [-0.3, -0.25) is 62.4 Å². The average molecular weight is 1820 g/mol. The van der Waals surface area contributed by atoms with E-state index in [9.17, 15) is 48.4 Å². The van der Waals surface area contributed by atoms with Crippen molar-refractivity contribution in [2.75, 3.05) is 60.0 Å². The summed E-state index contributed by atoms with van der Waals surface area (Å²) in [6.45, 7) is 5.65. The van der Waals surface area contributed by atoms with E-state index in [1.54, 1.807) is 68.0 Å². The number of methoxy groups -OCH3 is 1. The van der Waals surface area contributed by atoms with Crippen LogP contribution in [0.3, 0.4) is 0 Å². The highest BCUT2D eigenvalue weighted by molar-refractivity contribution is 7.13. The summed E-state index contributed by atoms with van der Waals surface area (Å²) in [6, 6.07) is 53.4. The minimum atomic E-state index is -3.00. The van der Waals surface area contributed by atoms with E-state index in [1.807, 2.05) is 159 Å². The number of aliphatic hydroxyl groups is 4. The number of hydrogen-bond donors (Lipinski definition) is 4. The number of ether oxygens (including phenoxy) is 5. The lowest BCUT2D eigenvalue weighted by Gasteiger charge is -2.29. The first-order valence-corrected chi connectivity index (χ1v) is 45.2. The van der Waals surface area contributed by atoms with Crippen LogP contribution in [0.25, 0.3) is 109 Å². The summed E-state index contributed by atoms with van der Waals surface area (Å²) in [4.78, 5) is 103. The van der Waals surface area contributed by atoms with Gasteiger partial charge in [0.05, 0.1) is 173 Å². The molecule has 10 aromatic heterocycles. The Morgan fingerprint density at radius 3 is 1.07 bits per heavy atom. The molecule has 0 unspecified atom stereocenters. The van der Waals surface area contributed by atoms with Gasteiger partial charge in [0.2, 0.25) is 0 Å². The van der Waals surface area contributed by atoms with Gasteiger partial charge in [0.15, 0.2) is 0 Å². The molecule has 0 amide bonds. The second-order valence-corrected chi connectivity index (χ2v) is 35.0. The topological polar surface area (TPSA) is 357 Å². The number of thiazole rings is 1. The number of fused-ring (bicyclic) bond motifs is 12. The van der Waals surface area contributed by atoms with E-state index in [0.717, 1.165) is 122 Å². The van der Waals surface area contributed by atoms with E-state index < -0.39 is 36.4 Å². The Balaban J connectivity index is 0.000000115. The quantitative estimate of drug-likeness (QED) is 0.0653. The van der Waals surface area contributed by atoms with Crippen molar-refractivity contribution in [3.8, 4) is 27.8 Å². The van der Waals surface area contributed by atoms with Gasteiger partial charge in [0.1, 0.15) is 5.69 Å². The van der Waals surface area contributed by atoms with Gasteiger partial charge < -0.3 is 44.1 Å². The van der Waals surface area contributed by atoms with Crippen LogP contribution >= 0.6 is 11.3 Å². The van der Waals surface area contributed by atoms with Crippen LogP contribution < -0.4 is 27.0 Å². The van der Waals surface area contributed by atoms with E-state index in [4.69, 9.17) is 23.7 Å². The standard InChI is InChI=1S/C28H25N5O4.C26H22N4O3S.C25H23F2N3O3.C24H23N3O3/c1-36-28-30-13-19(14-31-28)23-7-6-17(12-29-23)10-18-11-22-26(21-5-3-2-4-20(18)21)32-16-33(27(22)35)24-8-9-37-15-25(24)34;31-23-13-33-8-6-22(23)30-14-29-25-19-4-2-1-3-18(19)17(11-20(25)26(30)32)9-16-5-7-28-21(10-16)24-12-27-15-34-24;1-25(26,27)22-7-6-15(12-28-22)10-16-11-19-23(18-5-3-2-4-17(16)18)29-14-30(24(19)32)20-8-9-33-13-21(20)31;1-15-10-16(6-8-25-15)11-17-12-20-23(19-5-3-2-4-18(17)19)26-14-27(24(20)29)21-7-9-30-13-22(21)28/h2-7,11-14,16,24-25,34H,8-10,15H2,1H3;1-5,7,10-12,14-15,22-23,31H,6,8-9,13H2;2-7,11-12,14,20-21,31H,8-10,13H2,1H3;2-6,8,10,12,14,21-22,28H,7,9,11,13H2,1H3/t24-,25-;22-,23-;20-,21-;21-,22-/m0000/s1. The molecule has 8 atom stereocenters. The van der Waals surface area contributed by atoms with Crippen LogP contribution in [0.2, 0.25) is 0 Å². The van der Waals surface area contributed by atoms with Crippen molar-refractivity contribution in [2.24, 2.45) is 0 Å². The van der Waals surface area contributed by atoms with E-state index in [1.165, 1.54) is 30.3 Å². The fourth-order valence-electron chi connectivity index (χ4n) is 18.6. The zero-order valence-electron chi connectivity index (χ0n) is 73.4. The average Bonchev–Trinajstić information content (AvgIpc) is 0.851. The molecule has 14 heterocycles. The van der Waals surface area contributed by atoms with Crippen molar-refractivity contribution in [1.82, 2.24) is 73.1 Å². The number of halogens is 2. The highest BCUT2D eigenvalue weighted by Gasteiger charge is 2.33. The zero-order chi connectivity index (χ0) is 92.3. The Kier molecular flexibility index (Phi) is 26.0. The smallest absolute Gasteiger partial charge is 0.316 e. The largest absolute Gasteiger partial charge is 0.467 e. The van der Waals surface area contributed by atoms with Crippen molar-refractivity contribution < 1.29 is 52.9 Å². The van der Waals surface area contributed by atoms with Crippen molar-refractivity contribution >= 4 is 98.0 Å². The minimum Gasteiger partial charge on any atom is -0.467 e. The van der Waals surface area contributed by atoms with Gasteiger partial charge in [0, 0.05) is 110 Å². The Labute approximate surface area is 768 Å². The molecule has 0 aliphatic carbocycles. The monoisotopic (exact) mass is 1820 g/mol. The van der Waals surface area contributed by atoms with Crippen LogP contribution in [0.1, 0.15) is 113 Å². The van der Waals surface area contributed by atoms with E-state index in [2.05, 4.69) is 85.2 Å². The molecule has 31 heteroatoms. The summed E-state index contributed by atoms with van der Waals surface area (Å²) in [6.07, 6.45) is 19.9. The number of benzene rings is 8. The molecular formula is C103H93F2N15O13S. The van der Waals surface area contributed by atoms with E-state index >= 15 is 0 Å². The fourth-order valence-corrected chi connectivity index (χ4v) is 19.2. The van der Waals surface area contributed by atoms with Crippen molar-refractivity contribution in [3.63, 3.8) is 0 Å². The third-order valence-electron chi connectivity index (χ3n) is 25.4. The third kappa shape index (κ3) is 18.6. The second kappa shape index (κ2) is 39.1. The van der Waals surface area contributed by atoms with Gasteiger partial charge in [-0.25, -0.2) is 29.9 Å². The lowest BCUT2D eigenvalue weighted by atomic mass is 9.96. The van der Waals surface area contributed by atoms with Gasteiger partial charge >= 0.3 is 6.01 Å². The van der Waals surface area contributed by atoms with Crippen molar-refractivity contribution in [3.05, 3.63) is 341 Å². The van der Waals surface area contributed by atoms with Crippen LogP contribution in [-0.2, 0) is 50.6 Å². The van der Waals surface area contributed by atoms with Gasteiger partial charge in [0.25, 0.3) is 28.2 Å². The number of alkyl halides is 2. The molecule has 22 rings (SSSR count). The molecule has 678 valence electrons. The van der Waals surface area contributed by atoms with Crippen LogP contribution in [0.4, 0.5) is 8.78 Å². The lowest BCUT2D eigenvalue weighted by Crippen LogP contribution is -2.39. The van der Waals surface area contributed by atoms with Crippen LogP contribution in [0.5, 0.6) is 6.01 Å². The summed E-state index contributed by atoms with van der Waals surface area (Å²) >= 11 is 1.56. The highest BCUT2D eigenvalue weighted by Crippen LogP contribution is 2.37. The number of aryl methyl sites for hydroxylation is 1. The number of hydrogen-bond acceptors (Lipinski definition) is 25. The van der Waals surface area contributed by atoms with Crippen LogP contribution in [0, 0.1) is 6.92 Å². The molecule has 0 radical (unpaired) electrons. The van der Waals surface area contributed by atoms with Gasteiger partial charge in [-0.1, -0.05) is 109 Å². The normalized spacial score (nSPS) is 18.7. The summed E-state index contributed by atoms with van der Waals surface area (Å²) in [7, 11) is 1.53. The van der Waals surface area contributed by atoms with Gasteiger partial charge in [-0.05, 0) is 185 Å². The second-order valence-electron chi connectivity index (χ2n) is 34.1. The van der Waals surface area contributed by atoms with Crippen LogP contribution in [-0.4, -0.2) is 178 Å². The van der Waals surface area contributed by atoms with Crippen molar-refractivity contribution in [1.29, 1.82) is 0 Å². The van der Waals surface area contributed by atoms with Gasteiger partial charge in [-0.2, -0.15) is 8.78 Å². The summed E-state index contributed by atoms with van der Waals surface area (Å²) in [5.74, 6) is -3.00. The first-order valence-electron chi connectivity index (χ1n) is 44.3. The summed E-state index contributed by atoms with van der Waals surface area (Å²) in [5.41, 5.74) is 15.0. The number of pyridine rings is 4. The SMILES string of the molecule is CC(F)(F)c1ccc(Cc2cc3c(=O)n([C@H]4CCOC[C@@H]4O)cnc3c3ccccc23)cn1.COc1ncc(-c2ccc(Cc3cc4c(=O)n([C@H]5CCOC[C@@H]5O)cnc4c4ccccc34)cn2)cn1.Cc1cc(Cc2cc3c(=O)n([C@H]4CCOC[C@@H]4O)cnc3c3ccccc23)ccn1.O=c1c2cc(Cc3ccnc(-c4cncs4)c3)c3ccccc3c2ncn1[C@H]1CCOC[C@@H]1O. The maximum atomic E-state index is 13.6. The zero-order valence-corrected chi connectivity index (χ0v) is 74.2. The molecular weight excluding hydrogens is 1730 g/mol. The predicted molar refractivity (Wildman–Crippen MR) is 507 cm³/mol. The molecule has 0 spiro atoms. The van der Waals surface area contributed by atoms with Crippen LogP contribution in [0.15, 0.2) is 263 Å². The number of rotatable bonds is 16. The number of nitrogens with zero attached hydrogens (tertiary/aromatic N) is 15. The minimum absolute atomic E-state index is 0.121. The molecule has 4 saturated heterocycles. The van der Waals surface area contributed by atoms with Gasteiger partial charge in [-0.15, -0.1) is 11.3 Å². The molecule has 0 saturated carbocycles. The molecule has 0 bridgehead atoms. The Morgan fingerprint density at radius 2 is 0.746 bits per heavy atom. The lowest BCUT2D eigenvalue weighted by molar-refractivity contribution is -0.0395. The molecule has 4 aliphatic heterocycles. The first-order chi connectivity index (χ1) is 65.2.